The van der Waals surface area contributed by atoms with Crippen molar-refractivity contribution < 1.29 is 14.3 Å². The van der Waals surface area contributed by atoms with Crippen LogP contribution in [0.2, 0.25) is 0 Å². The van der Waals surface area contributed by atoms with Crippen molar-refractivity contribution in [1.82, 2.24) is 19.2 Å². The Morgan fingerprint density at radius 2 is 1.83 bits per heavy atom. The number of ether oxygens (including phenoxy) is 2. The average molecular weight is 476 g/mol. The van der Waals surface area contributed by atoms with E-state index in [1.807, 2.05) is 58.9 Å². The number of hydrogen-bond acceptors (Lipinski definition) is 6. The third-order valence-corrected chi connectivity index (χ3v) is 5.74. The van der Waals surface area contributed by atoms with E-state index < -0.39 is 0 Å². The summed E-state index contributed by atoms with van der Waals surface area (Å²) in [6.45, 7) is 9.78. The Morgan fingerprint density at radius 3 is 2.60 bits per heavy atom. The number of carbonyl (C=O) groups excluding carboxylic acids is 1. The van der Waals surface area contributed by atoms with Gasteiger partial charge in [-0.2, -0.15) is 9.50 Å². The lowest BCUT2D eigenvalue weighted by molar-refractivity contribution is -0.118. The predicted octanol–water partition coefficient (Wildman–Crippen LogP) is 3.99. The lowest BCUT2D eigenvalue weighted by Crippen LogP contribution is -2.23. The molecule has 0 fully saturated rings. The summed E-state index contributed by atoms with van der Waals surface area (Å²) in [5.41, 5.74) is 3.83. The molecule has 0 atom stereocenters. The van der Waals surface area contributed by atoms with Crippen LogP contribution in [0.4, 0.5) is 5.69 Å². The SMILES string of the molecule is Cc1ccc(NC(=O)COc2cccc(C)c2C)cc1OCc1cc(=O)n2c(ncn2C(C)C)n1. The largest absolute Gasteiger partial charge is 0.487 e. The van der Waals surface area contributed by atoms with Gasteiger partial charge in [0.2, 0.25) is 0 Å². The lowest BCUT2D eigenvalue weighted by Gasteiger charge is -2.13. The van der Waals surface area contributed by atoms with Gasteiger partial charge in [0.25, 0.3) is 17.2 Å². The van der Waals surface area contributed by atoms with Crippen molar-refractivity contribution >= 4 is 17.4 Å². The van der Waals surface area contributed by atoms with Crippen molar-refractivity contribution in [2.24, 2.45) is 0 Å². The Balaban J connectivity index is 1.41. The minimum atomic E-state index is -0.276. The van der Waals surface area contributed by atoms with Gasteiger partial charge in [0.15, 0.2) is 6.61 Å². The zero-order valence-corrected chi connectivity index (χ0v) is 20.5. The Hall–Kier alpha value is -4.14. The van der Waals surface area contributed by atoms with Gasteiger partial charge >= 0.3 is 0 Å². The molecular weight excluding hydrogens is 446 g/mol. The van der Waals surface area contributed by atoms with Gasteiger partial charge < -0.3 is 14.8 Å². The van der Waals surface area contributed by atoms with Gasteiger partial charge in [-0.25, -0.2) is 4.98 Å². The number of aryl methyl sites for hydroxylation is 2. The number of anilines is 1. The van der Waals surface area contributed by atoms with E-state index in [0.29, 0.717) is 28.7 Å². The summed E-state index contributed by atoms with van der Waals surface area (Å²) >= 11 is 0. The van der Waals surface area contributed by atoms with E-state index in [9.17, 15) is 9.59 Å². The van der Waals surface area contributed by atoms with E-state index >= 15 is 0 Å². The Morgan fingerprint density at radius 1 is 1.03 bits per heavy atom. The number of nitrogens with zero attached hydrogens (tertiary/aromatic N) is 4. The standard InChI is InChI=1S/C26H29N5O4/c1-16(2)30-15-27-26-29-21(12-25(33)31(26)30)13-34-23-11-20(10-9-18(23)4)28-24(32)14-35-22-8-6-7-17(3)19(22)5/h6-12,15-16H,13-14H2,1-5H3,(H,28,32). The molecule has 0 spiro atoms. The van der Waals surface area contributed by atoms with Crippen molar-refractivity contribution in [3.63, 3.8) is 0 Å². The van der Waals surface area contributed by atoms with Crippen LogP contribution < -0.4 is 20.3 Å². The second-order valence-electron chi connectivity index (χ2n) is 8.72. The number of carbonyl (C=O) groups is 1. The fraction of sp³-hybridized carbons (Fsp3) is 0.308. The summed E-state index contributed by atoms with van der Waals surface area (Å²) in [6.07, 6.45) is 1.60. The number of hydrogen-bond donors (Lipinski definition) is 1. The number of rotatable bonds is 8. The second-order valence-corrected chi connectivity index (χ2v) is 8.72. The first kappa shape index (κ1) is 24.0. The molecule has 0 bridgehead atoms. The van der Waals surface area contributed by atoms with Crippen molar-refractivity contribution in [3.05, 3.63) is 81.5 Å². The van der Waals surface area contributed by atoms with Gasteiger partial charge in [-0.05, 0) is 63.4 Å². The minimum Gasteiger partial charge on any atom is -0.487 e. The van der Waals surface area contributed by atoms with Crippen molar-refractivity contribution in [3.8, 4) is 11.5 Å². The molecular formula is C26H29N5O4. The molecule has 0 saturated heterocycles. The normalized spacial score (nSPS) is 11.1. The average Bonchev–Trinajstić information content (AvgIpc) is 3.25. The number of amides is 1. The smallest absolute Gasteiger partial charge is 0.274 e. The van der Waals surface area contributed by atoms with E-state index in [2.05, 4.69) is 15.3 Å². The van der Waals surface area contributed by atoms with Gasteiger partial charge in [-0.1, -0.05) is 18.2 Å². The summed E-state index contributed by atoms with van der Waals surface area (Å²) in [6, 6.07) is 12.7. The molecule has 0 aliphatic carbocycles. The van der Waals surface area contributed by atoms with Gasteiger partial charge in [-0.15, -0.1) is 0 Å². The third kappa shape index (κ3) is 5.34. The molecule has 0 aliphatic rings. The Labute approximate surface area is 203 Å². The first-order valence-corrected chi connectivity index (χ1v) is 11.4. The molecule has 0 aliphatic heterocycles. The molecule has 1 amide bonds. The molecule has 4 rings (SSSR count). The first-order valence-electron chi connectivity index (χ1n) is 11.4. The van der Waals surface area contributed by atoms with Gasteiger partial charge in [-0.3, -0.25) is 14.3 Å². The van der Waals surface area contributed by atoms with Crippen LogP contribution in [0.1, 0.15) is 42.3 Å². The van der Waals surface area contributed by atoms with Crippen LogP contribution in [0.15, 0.2) is 53.6 Å². The maximum Gasteiger partial charge on any atom is 0.274 e. The highest BCUT2D eigenvalue weighted by molar-refractivity contribution is 5.92. The van der Waals surface area contributed by atoms with Crippen LogP contribution in [-0.2, 0) is 11.4 Å². The summed E-state index contributed by atoms with van der Waals surface area (Å²) in [5.74, 6) is 1.31. The fourth-order valence-corrected chi connectivity index (χ4v) is 3.62. The van der Waals surface area contributed by atoms with E-state index in [-0.39, 0.29) is 30.7 Å². The maximum absolute atomic E-state index is 12.6. The highest BCUT2D eigenvalue weighted by Crippen LogP contribution is 2.24. The molecule has 4 aromatic rings. The van der Waals surface area contributed by atoms with Crippen LogP contribution >= 0.6 is 0 Å². The summed E-state index contributed by atoms with van der Waals surface area (Å²) in [7, 11) is 0. The molecule has 0 unspecified atom stereocenters. The molecule has 2 aromatic heterocycles. The molecule has 0 radical (unpaired) electrons. The number of fused-ring (bicyclic) bond motifs is 1. The fourth-order valence-electron chi connectivity index (χ4n) is 3.62. The summed E-state index contributed by atoms with van der Waals surface area (Å²) < 4.78 is 14.8. The zero-order chi connectivity index (χ0) is 25.1. The van der Waals surface area contributed by atoms with Crippen LogP contribution in [0.3, 0.4) is 0 Å². The summed E-state index contributed by atoms with van der Waals surface area (Å²) in [4.78, 5) is 33.7. The van der Waals surface area contributed by atoms with Gasteiger partial charge in [0.1, 0.15) is 24.4 Å². The lowest BCUT2D eigenvalue weighted by atomic mass is 10.1. The van der Waals surface area contributed by atoms with Gasteiger partial charge in [0.05, 0.1) is 5.69 Å². The third-order valence-electron chi connectivity index (χ3n) is 5.74. The first-order chi connectivity index (χ1) is 16.7. The number of nitrogens with one attached hydrogen (secondary N) is 1. The van der Waals surface area contributed by atoms with Crippen LogP contribution in [0, 0.1) is 20.8 Å². The zero-order valence-electron chi connectivity index (χ0n) is 20.5. The molecule has 35 heavy (non-hydrogen) atoms. The molecule has 0 saturated carbocycles. The van der Waals surface area contributed by atoms with Crippen molar-refractivity contribution in [2.75, 3.05) is 11.9 Å². The van der Waals surface area contributed by atoms with Crippen molar-refractivity contribution in [2.45, 2.75) is 47.3 Å². The molecule has 2 heterocycles. The van der Waals surface area contributed by atoms with E-state index in [1.165, 1.54) is 10.6 Å². The second kappa shape index (κ2) is 10.0. The monoisotopic (exact) mass is 475 g/mol. The predicted molar refractivity (Wildman–Crippen MR) is 133 cm³/mol. The molecule has 1 N–H and O–H groups in total. The quantitative estimate of drug-likeness (QED) is 0.414. The number of aromatic nitrogens is 4. The number of benzene rings is 2. The van der Waals surface area contributed by atoms with E-state index in [0.717, 1.165) is 16.7 Å². The molecule has 182 valence electrons. The van der Waals surface area contributed by atoms with Crippen molar-refractivity contribution in [1.29, 1.82) is 0 Å². The Bertz CT molecular complexity index is 1440. The van der Waals surface area contributed by atoms with Crippen LogP contribution in [0.5, 0.6) is 11.5 Å². The van der Waals surface area contributed by atoms with Crippen LogP contribution in [0.25, 0.3) is 5.78 Å². The molecule has 9 nitrogen and oxygen atoms in total. The minimum absolute atomic E-state index is 0.0773. The van der Waals surface area contributed by atoms with Gasteiger partial charge in [0, 0.05) is 23.9 Å². The van der Waals surface area contributed by atoms with E-state index in [4.69, 9.17) is 9.47 Å². The van der Waals surface area contributed by atoms with Crippen LogP contribution in [-0.4, -0.2) is 31.7 Å². The molecule has 9 heteroatoms. The van der Waals surface area contributed by atoms with E-state index in [1.54, 1.807) is 23.1 Å². The highest BCUT2D eigenvalue weighted by Gasteiger charge is 2.12. The summed E-state index contributed by atoms with van der Waals surface area (Å²) in [5, 5.41) is 2.83. The highest BCUT2D eigenvalue weighted by atomic mass is 16.5. The Kier molecular flexibility index (Phi) is 6.86. The maximum atomic E-state index is 12.6. The molecule has 2 aromatic carbocycles. The topological polar surface area (TPSA) is 99.7 Å².